The Morgan fingerprint density at radius 1 is 0.944 bits per heavy atom. The van der Waals surface area contributed by atoms with Crippen molar-refractivity contribution in [3.8, 4) is 11.1 Å². The molecule has 0 spiro atoms. The zero-order chi connectivity index (χ0) is 12.7. The van der Waals surface area contributed by atoms with Crippen molar-refractivity contribution in [1.29, 1.82) is 0 Å². The molecule has 0 atom stereocenters. The summed E-state index contributed by atoms with van der Waals surface area (Å²) in [6.45, 7) is 6.68. The van der Waals surface area contributed by atoms with E-state index in [4.69, 9.17) is 0 Å². The van der Waals surface area contributed by atoms with E-state index >= 15 is 0 Å². The van der Waals surface area contributed by atoms with Crippen molar-refractivity contribution in [2.24, 2.45) is 0 Å². The van der Waals surface area contributed by atoms with Crippen molar-refractivity contribution in [1.82, 2.24) is 0 Å². The molecule has 0 radical (unpaired) electrons. The van der Waals surface area contributed by atoms with Gasteiger partial charge in [-0.25, -0.2) is 0 Å². The van der Waals surface area contributed by atoms with Gasteiger partial charge in [-0.2, -0.15) is 0 Å². The Hall–Kier alpha value is -1.82. The van der Waals surface area contributed by atoms with Crippen molar-refractivity contribution in [3.63, 3.8) is 0 Å². The minimum absolute atomic E-state index is 1.11. The van der Waals surface area contributed by atoms with Crippen LogP contribution in [0.4, 0.5) is 0 Å². The van der Waals surface area contributed by atoms with Crippen LogP contribution in [-0.2, 0) is 6.42 Å². The average molecular weight is 234 g/mol. The first kappa shape index (κ1) is 11.3. The lowest BCUT2D eigenvalue weighted by atomic mass is 9.90. The molecule has 0 saturated heterocycles. The molecular formula is C18H18. The van der Waals surface area contributed by atoms with E-state index in [0.717, 1.165) is 6.42 Å². The summed E-state index contributed by atoms with van der Waals surface area (Å²) in [5.41, 5.74) is 9.94. The van der Waals surface area contributed by atoms with Crippen molar-refractivity contribution in [3.05, 3.63) is 64.2 Å². The van der Waals surface area contributed by atoms with Gasteiger partial charge in [0, 0.05) is 0 Å². The molecule has 3 rings (SSSR count). The molecule has 0 fully saturated rings. The van der Waals surface area contributed by atoms with Gasteiger partial charge in [-0.15, -0.1) is 0 Å². The zero-order valence-electron chi connectivity index (χ0n) is 11.2. The maximum Gasteiger partial charge on any atom is -0.00603 e. The molecule has 1 aliphatic rings. The molecule has 0 saturated carbocycles. The van der Waals surface area contributed by atoms with E-state index in [1.54, 1.807) is 0 Å². The first-order valence-electron chi connectivity index (χ1n) is 6.52. The number of fused-ring (bicyclic) bond motifs is 1. The van der Waals surface area contributed by atoms with Gasteiger partial charge in [0.25, 0.3) is 0 Å². The van der Waals surface area contributed by atoms with E-state index in [2.05, 4.69) is 63.2 Å². The van der Waals surface area contributed by atoms with Crippen LogP contribution in [0.15, 0.2) is 42.0 Å². The quantitative estimate of drug-likeness (QED) is 0.656. The highest BCUT2D eigenvalue weighted by Gasteiger charge is 2.17. The smallest absolute Gasteiger partial charge is 0.00603 e. The van der Waals surface area contributed by atoms with Crippen molar-refractivity contribution < 1.29 is 0 Å². The van der Waals surface area contributed by atoms with Gasteiger partial charge < -0.3 is 0 Å². The number of allylic oxidation sites excluding steroid dienone is 1. The van der Waals surface area contributed by atoms with Crippen molar-refractivity contribution in [2.75, 3.05) is 0 Å². The summed E-state index contributed by atoms with van der Waals surface area (Å²) in [4.78, 5) is 0. The average Bonchev–Trinajstić information content (AvgIpc) is 2.71. The topological polar surface area (TPSA) is 0 Å². The minimum Gasteiger partial charge on any atom is -0.0683 e. The second kappa shape index (κ2) is 4.13. The standard InChI is InChI=1S/C18H18/c1-12-9-16-11-13(2)14(3)18(17(16)10-12)15-7-5-4-6-8-15/h4-8,10-11H,9H2,1-3H3. The molecule has 0 aromatic heterocycles. The minimum atomic E-state index is 1.11. The van der Waals surface area contributed by atoms with Gasteiger partial charge in [-0.05, 0) is 60.6 Å². The fourth-order valence-electron chi connectivity index (χ4n) is 2.89. The van der Waals surface area contributed by atoms with Crippen molar-refractivity contribution in [2.45, 2.75) is 27.2 Å². The monoisotopic (exact) mass is 234 g/mol. The normalized spacial score (nSPS) is 13.4. The number of hydrogen-bond donors (Lipinski definition) is 0. The van der Waals surface area contributed by atoms with Gasteiger partial charge in [-0.1, -0.05) is 48.0 Å². The maximum absolute atomic E-state index is 2.35. The molecular weight excluding hydrogens is 216 g/mol. The number of benzene rings is 2. The summed E-state index contributed by atoms with van der Waals surface area (Å²) in [6.07, 6.45) is 3.46. The highest BCUT2D eigenvalue weighted by molar-refractivity contribution is 5.83. The SMILES string of the molecule is CC1=Cc2c(cc(C)c(C)c2-c2ccccc2)C1. The summed E-state index contributed by atoms with van der Waals surface area (Å²) >= 11 is 0. The molecule has 0 amide bonds. The molecule has 1 aliphatic carbocycles. The van der Waals surface area contributed by atoms with E-state index in [0.29, 0.717) is 0 Å². The lowest BCUT2D eigenvalue weighted by molar-refractivity contribution is 1.17. The fraction of sp³-hybridized carbons (Fsp3) is 0.222. The Bertz CT molecular complexity index is 631. The fourth-order valence-corrected chi connectivity index (χ4v) is 2.89. The van der Waals surface area contributed by atoms with E-state index in [1.807, 2.05) is 0 Å². The van der Waals surface area contributed by atoms with Crippen molar-refractivity contribution >= 4 is 6.08 Å². The predicted octanol–water partition coefficient (Wildman–Crippen LogP) is 4.93. The van der Waals surface area contributed by atoms with Crippen LogP contribution in [0.2, 0.25) is 0 Å². The van der Waals surface area contributed by atoms with Gasteiger partial charge >= 0.3 is 0 Å². The molecule has 2 aromatic carbocycles. The lowest BCUT2D eigenvalue weighted by Gasteiger charge is -2.14. The van der Waals surface area contributed by atoms with E-state index in [9.17, 15) is 0 Å². The van der Waals surface area contributed by atoms with Crippen LogP contribution in [0.5, 0.6) is 0 Å². The number of aryl methyl sites for hydroxylation is 1. The third kappa shape index (κ3) is 1.69. The molecule has 0 nitrogen and oxygen atoms in total. The Balaban J connectivity index is 2.32. The molecule has 0 bridgehead atoms. The van der Waals surface area contributed by atoms with Crippen LogP contribution in [0.1, 0.15) is 29.2 Å². The van der Waals surface area contributed by atoms with Crippen LogP contribution in [0, 0.1) is 13.8 Å². The van der Waals surface area contributed by atoms with Gasteiger partial charge in [0.1, 0.15) is 0 Å². The van der Waals surface area contributed by atoms with E-state index in [1.165, 1.54) is 39.0 Å². The Kier molecular flexibility index (Phi) is 2.59. The summed E-state index contributed by atoms with van der Waals surface area (Å²) in [7, 11) is 0. The predicted molar refractivity (Wildman–Crippen MR) is 78.7 cm³/mol. The van der Waals surface area contributed by atoms with Gasteiger partial charge in [0.2, 0.25) is 0 Å². The first-order valence-corrected chi connectivity index (χ1v) is 6.52. The highest BCUT2D eigenvalue weighted by atomic mass is 14.2. The van der Waals surface area contributed by atoms with Crippen LogP contribution in [0.25, 0.3) is 17.2 Å². The second-order valence-corrected chi connectivity index (χ2v) is 5.30. The van der Waals surface area contributed by atoms with E-state index in [-0.39, 0.29) is 0 Å². The Labute approximate surface area is 109 Å². The second-order valence-electron chi connectivity index (χ2n) is 5.30. The largest absolute Gasteiger partial charge is 0.0683 e. The summed E-state index contributed by atoms with van der Waals surface area (Å²) in [5.74, 6) is 0. The first-order chi connectivity index (χ1) is 8.66. The van der Waals surface area contributed by atoms with Gasteiger partial charge in [-0.3, -0.25) is 0 Å². The van der Waals surface area contributed by atoms with Gasteiger partial charge in [0.05, 0.1) is 0 Å². The third-order valence-corrected chi connectivity index (χ3v) is 3.90. The third-order valence-electron chi connectivity index (χ3n) is 3.90. The zero-order valence-corrected chi connectivity index (χ0v) is 11.2. The van der Waals surface area contributed by atoms with Crippen LogP contribution in [0.3, 0.4) is 0 Å². The molecule has 18 heavy (non-hydrogen) atoms. The maximum atomic E-state index is 2.35. The molecule has 2 aromatic rings. The van der Waals surface area contributed by atoms with Gasteiger partial charge in [0.15, 0.2) is 0 Å². The molecule has 0 N–H and O–H groups in total. The summed E-state index contributed by atoms with van der Waals surface area (Å²) in [6, 6.07) is 13.1. The lowest BCUT2D eigenvalue weighted by Crippen LogP contribution is -1.95. The summed E-state index contributed by atoms with van der Waals surface area (Å²) in [5, 5.41) is 0. The highest BCUT2D eigenvalue weighted by Crippen LogP contribution is 2.37. The molecule has 0 unspecified atom stereocenters. The van der Waals surface area contributed by atoms with Crippen LogP contribution >= 0.6 is 0 Å². The summed E-state index contributed by atoms with van der Waals surface area (Å²) < 4.78 is 0. The molecule has 0 heteroatoms. The Morgan fingerprint density at radius 2 is 1.67 bits per heavy atom. The van der Waals surface area contributed by atoms with E-state index < -0.39 is 0 Å². The molecule has 0 aliphatic heterocycles. The number of rotatable bonds is 1. The molecule has 90 valence electrons. The Morgan fingerprint density at radius 3 is 2.39 bits per heavy atom. The molecule has 0 heterocycles. The number of hydrogen-bond acceptors (Lipinski definition) is 0. The van der Waals surface area contributed by atoms with Crippen LogP contribution in [-0.4, -0.2) is 0 Å². The van der Waals surface area contributed by atoms with Crippen LogP contribution < -0.4 is 0 Å².